The summed E-state index contributed by atoms with van der Waals surface area (Å²) in [5.41, 5.74) is 5.60. The van der Waals surface area contributed by atoms with Crippen molar-refractivity contribution in [2.45, 2.75) is 27.2 Å². The number of carbonyl (C=O) groups is 2. The Labute approximate surface area is 226 Å². The lowest BCUT2D eigenvalue weighted by molar-refractivity contribution is -0.118. The van der Waals surface area contributed by atoms with Crippen molar-refractivity contribution >= 4 is 57.6 Å². The van der Waals surface area contributed by atoms with E-state index in [1.54, 1.807) is 23.1 Å². The molecule has 1 heterocycles. The molecule has 1 N–H and O–H groups in total. The van der Waals surface area contributed by atoms with Crippen molar-refractivity contribution in [2.24, 2.45) is 0 Å². The number of thiocarbonyl (C=S) groups is 1. The van der Waals surface area contributed by atoms with Crippen molar-refractivity contribution in [1.82, 2.24) is 0 Å². The van der Waals surface area contributed by atoms with Crippen LogP contribution in [0.5, 0.6) is 11.5 Å². The molecule has 0 unspecified atom stereocenters. The summed E-state index contributed by atoms with van der Waals surface area (Å²) in [6.45, 7) is 5.91. The third-order valence-electron chi connectivity index (χ3n) is 6.06. The zero-order chi connectivity index (χ0) is 26.5. The predicted molar refractivity (Wildman–Crippen MR) is 155 cm³/mol. The lowest BCUT2D eigenvalue weighted by Gasteiger charge is -2.16. The van der Waals surface area contributed by atoms with E-state index in [0.29, 0.717) is 20.7 Å². The molecule has 0 aromatic heterocycles. The minimum atomic E-state index is -0.262. The van der Waals surface area contributed by atoms with Crippen LogP contribution in [0.25, 0.3) is 6.08 Å². The van der Waals surface area contributed by atoms with Crippen molar-refractivity contribution in [3.8, 4) is 11.5 Å². The Bertz CT molecular complexity index is 1400. The third-order valence-corrected chi connectivity index (χ3v) is 7.36. The second kappa shape index (κ2) is 11.6. The fourth-order valence-electron chi connectivity index (χ4n) is 3.88. The number of rotatable bonds is 8. The van der Waals surface area contributed by atoms with Crippen LogP contribution in [0.3, 0.4) is 0 Å². The van der Waals surface area contributed by atoms with Crippen LogP contribution >= 0.6 is 24.0 Å². The molecular weight excluding hydrogens is 504 g/mol. The monoisotopic (exact) mass is 532 g/mol. The maximum Gasteiger partial charge on any atom is 0.270 e. The van der Waals surface area contributed by atoms with Crippen LogP contribution < -0.4 is 19.7 Å². The van der Waals surface area contributed by atoms with Gasteiger partial charge in [0.1, 0.15) is 0 Å². The predicted octanol–water partition coefficient (Wildman–Crippen LogP) is 6.30. The van der Waals surface area contributed by atoms with Crippen molar-refractivity contribution in [3.05, 3.63) is 87.8 Å². The normalized spacial score (nSPS) is 14.3. The Kier molecular flexibility index (Phi) is 8.31. The van der Waals surface area contributed by atoms with Gasteiger partial charge in [-0.15, -0.1) is 0 Å². The Balaban J connectivity index is 1.46. The van der Waals surface area contributed by atoms with E-state index in [0.717, 1.165) is 40.0 Å². The van der Waals surface area contributed by atoms with Crippen molar-refractivity contribution in [2.75, 3.05) is 23.9 Å². The maximum absolute atomic E-state index is 13.2. The highest BCUT2D eigenvalue weighted by atomic mass is 32.2. The molecule has 1 aliphatic rings. The van der Waals surface area contributed by atoms with E-state index in [1.807, 2.05) is 69.3 Å². The zero-order valence-electron chi connectivity index (χ0n) is 21.2. The number of para-hydroxylation sites is 1. The molecule has 0 atom stereocenters. The van der Waals surface area contributed by atoms with Crippen LogP contribution in [0.2, 0.25) is 0 Å². The quantitative estimate of drug-likeness (QED) is 0.271. The summed E-state index contributed by atoms with van der Waals surface area (Å²) in [4.78, 5) is 27.7. The largest absolute Gasteiger partial charge is 0.493 e. The van der Waals surface area contributed by atoms with Gasteiger partial charge in [-0.1, -0.05) is 61.2 Å². The van der Waals surface area contributed by atoms with Gasteiger partial charge in [-0.05, 0) is 78.9 Å². The molecule has 0 saturated carbocycles. The molecular formula is C29H28N2O4S2. The van der Waals surface area contributed by atoms with E-state index in [2.05, 4.69) is 5.32 Å². The minimum Gasteiger partial charge on any atom is -0.493 e. The van der Waals surface area contributed by atoms with Gasteiger partial charge in [-0.25, -0.2) is 0 Å². The number of ether oxygens (including phenoxy) is 2. The summed E-state index contributed by atoms with van der Waals surface area (Å²) in [5.74, 6) is 0.463. The average molecular weight is 533 g/mol. The number of nitrogens with one attached hydrogen (secondary N) is 1. The maximum atomic E-state index is 13.2. The lowest BCUT2D eigenvalue weighted by Crippen LogP contribution is -2.27. The Morgan fingerprint density at radius 2 is 1.84 bits per heavy atom. The van der Waals surface area contributed by atoms with Gasteiger partial charge in [0.25, 0.3) is 11.8 Å². The van der Waals surface area contributed by atoms with E-state index < -0.39 is 0 Å². The molecule has 1 saturated heterocycles. The van der Waals surface area contributed by atoms with Crippen molar-refractivity contribution < 1.29 is 19.1 Å². The fourth-order valence-corrected chi connectivity index (χ4v) is 5.18. The second-order valence-corrected chi connectivity index (χ2v) is 10.2. The van der Waals surface area contributed by atoms with Gasteiger partial charge in [0.05, 0.1) is 17.7 Å². The first-order valence-electron chi connectivity index (χ1n) is 11.8. The van der Waals surface area contributed by atoms with Crippen LogP contribution in [0.1, 0.15) is 29.2 Å². The average Bonchev–Trinajstić information content (AvgIpc) is 3.17. The molecule has 37 heavy (non-hydrogen) atoms. The van der Waals surface area contributed by atoms with E-state index in [9.17, 15) is 9.59 Å². The van der Waals surface area contributed by atoms with E-state index in [4.69, 9.17) is 21.7 Å². The molecule has 0 radical (unpaired) electrons. The van der Waals surface area contributed by atoms with Gasteiger partial charge in [0.15, 0.2) is 22.4 Å². The third kappa shape index (κ3) is 6.03. The van der Waals surface area contributed by atoms with Crippen molar-refractivity contribution in [3.63, 3.8) is 0 Å². The molecule has 3 aromatic rings. The van der Waals surface area contributed by atoms with Gasteiger partial charge in [-0.3, -0.25) is 14.5 Å². The van der Waals surface area contributed by atoms with E-state index in [1.165, 1.54) is 18.9 Å². The lowest BCUT2D eigenvalue weighted by atomic mass is 10.1. The molecule has 1 fully saturated rings. The summed E-state index contributed by atoms with van der Waals surface area (Å²) in [7, 11) is 1.53. The fraction of sp³-hybridized carbons (Fsp3) is 0.207. The number of thioether (sulfide) groups is 1. The van der Waals surface area contributed by atoms with Crippen LogP contribution in [0.15, 0.2) is 65.6 Å². The van der Waals surface area contributed by atoms with Crippen LogP contribution in [0.4, 0.5) is 11.4 Å². The summed E-state index contributed by atoms with van der Waals surface area (Å²) >= 11 is 6.77. The van der Waals surface area contributed by atoms with Gasteiger partial charge in [0.2, 0.25) is 0 Å². The smallest absolute Gasteiger partial charge is 0.270 e. The number of anilines is 2. The number of hydrogen-bond acceptors (Lipinski definition) is 6. The van der Waals surface area contributed by atoms with Gasteiger partial charge < -0.3 is 14.8 Å². The molecule has 2 amide bonds. The minimum absolute atomic E-state index is 0.164. The molecule has 6 nitrogen and oxygen atoms in total. The number of methoxy groups -OCH3 is 1. The molecule has 4 rings (SSSR count). The topological polar surface area (TPSA) is 67.9 Å². The number of carbonyl (C=O) groups excluding carboxylic acids is 2. The Morgan fingerprint density at radius 3 is 2.57 bits per heavy atom. The van der Waals surface area contributed by atoms with Gasteiger partial charge in [-0.2, -0.15) is 0 Å². The second-order valence-electron chi connectivity index (χ2n) is 8.54. The summed E-state index contributed by atoms with van der Waals surface area (Å²) in [6.07, 6.45) is 2.59. The number of aryl methyl sites for hydroxylation is 3. The van der Waals surface area contributed by atoms with Gasteiger partial charge in [0, 0.05) is 5.69 Å². The number of nitrogens with zero attached hydrogens (tertiary/aromatic N) is 1. The summed E-state index contributed by atoms with van der Waals surface area (Å²) in [6, 6.07) is 18.8. The molecule has 3 aromatic carbocycles. The first-order valence-corrected chi connectivity index (χ1v) is 13.1. The number of benzene rings is 3. The molecule has 8 heteroatoms. The van der Waals surface area contributed by atoms with Crippen LogP contribution in [-0.2, 0) is 16.0 Å². The molecule has 1 aliphatic heterocycles. The number of amides is 2. The molecule has 190 valence electrons. The highest BCUT2D eigenvalue weighted by molar-refractivity contribution is 8.27. The van der Waals surface area contributed by atoms with E-state index in [-0.39, 0.29) is 18.4 Å². The van der Waals surface area contributed by atoms with Gasteiger partial charge >= 0.3 is 0 Å². The van der Waals surface area contributed by atoms with Crippen LogP contribution in [0, 0.1) is 13.8 Å². The van der Waals surface area contributed by atoms with Crippen molar-refractivity contribution in [1.29, 1.82) is 0 Å². The SMILES string of the molecule is CCc1ccccc1NC(=O)COc1ccc(/C=C2\SC(=S)N(c3ccc(C)c(C)c3)C2=O)cc1OC. The standard InChI is InChI=1S/C29H28N2O4S2/c1-5-21-8-6-7-9-23(21)30-27(32)17-35-24-13-11-20(15-25(24)34-4)16-26-28(33)31(29(36)37-26)22-12-10-18(2)19(3)14-22/h6-16H,5,17H2,1-4H3,(H,30,32)/b26-16-. The Morgan fingerprint density at radius 1 is 1.05 bits per heavy atom. The first kappa shape index (κ1) is 26.4. The number of hydrogen-bond donors (Lipinski definition) is 1. The first-order chi connectivity index (χ1) is 17.8. The highest BCUT2D eigenvalue weighted by Crippen LogP contribution is 2.37. The summed E-state index contributed by atoms with van der Waals surface area (Å²) < 4.78 is 11.7. The molecule has 0 bridgehead atoms. The Hall–Kier alpha value is -3.62. The van der Waals surface area contributed by atoms with Crippen LogP contribution in [-0.4, -0.2) is 29.9 Å². The highest BCUT2D eigenvalue weighted by Gasteiger charge is 2.33. The molecule has 0 aliphatic carbocycles. The van der Waals surface area contributed by atoms with E-state index >= 15 is 0 Å². The summed E-state index contributed by atoms with van der Waals surface area (Å²) in [5, 5.41) is 2.89. The molecule has 0 spiro atoms. The zero-order valence-corrected chi connectivity index (χ0v) is 22.8.